The molecule has 0 aromatic carbocycles. The molecule has 0 radical (unpaired) electrons. The zero-order valence-corrected chi connectivity index (χ0v) is 12.0. The molecule has 0 bridgehead atoms. The van der Waals surface area contributed by atoms with E-state index in [0.29, 0.717) is 25.9 Å². The first-order chi connectivity index (χ1) is 9.53. The molecule has 0 spiro atoms. The molecule has 6 nitrogen and oxygen atoms in total. The fourth-order valence-corrected chi connectivity index (χ4v) is 2.76. The topological polar surface area (TPSA) is 93.4 Å². The van der Waals surface area contributed by atoms with E-state index < -0.39 is 11.5 Å². The average Bonchev–Trinajstić information content (AvgIpc) is 2.39. The number of nitriles is 1. The minimum absolute atomic E-state index is 0.0332. The van der Waals surface area contributed by atoms with E-state index >= 15 is 0 Å². The van der Waals surface area contributed by atoms with Crippen LogP contribution >= 0.6 is 0 Å². The number of nitrogens with one attached hydrogen (secondary N) is 1. The van der Waals surface area contributed by atoms with Crippen LogP contribution in [0.15, 0.2) is 0 Å². The van der Waals surface area contributed by atoms with Crippen LogP contribution in [0.2, 0.25) is 0 Å². The Morgan fingerprint density at radius 2 is 2.00 bits per heavy atom. The van der Waals surface area contributed by atoms with Gasteiger partial charge in [-0.15, -0.1) is 0 Å². The number of urea groups is 1. The lowest BCUT2D eigenvalue weighted by molar-refractivity contribution is -0.139. The summed E-state index contributed by atoms with van der Waals surface area (Å²) < 4.78 is 0. The van der Waals surface area contributed by atoms with Crippen LogP contribution in [-0.2, 0) is 4.79 Å². The fourth-order valence-electron chi connectivity index (χ4n) is 2.76. The summed E-state index contributed by atoms with van der Waals surface area (Å²) in [7, 11) is 0. The predicted molar refractivity (Wildman–Crippen MR) is 74.1 cm³/mol. The first kappa shape index (κ1) is 16.3. The van der Waals surface area contributed by atoms with E-state index in [1.54, 1.807) is 4.90 Å². The number of hydrogen-bond donors (Lipinski definition) is 2. The van der Waals surface area contributed by atoms with Crippen molar-refractivity contribution in [2.45, 2.75) is 57.4 Å². The maximum Gasteiger partial charge on any atom is 0.317 e. The normalized spacial score (nSPS) is 17.0. The number of carbonyl (C=O) groups is 2. The zero-order valence-electron chi connectivity index (χ0n) is 12.0. The van der Waals surface area contributed by atoms with E-state index in [1.807, 2.05) is 13.0 Å². The van der Waals surface area contributed by atoms with E-state index in [0.717, 1.165) is 19.3 Å². The number of carboxylic acid groups (broad SMARTS) is 1. The standard InChI is InChI=1S/C14H23N3O3/c1-2-17(10-6-9-15)13(20)16-14(11-12(18)19)7-4-3-5-8-14/h2-8,10-11H2,1H3,(H,16,20)(H,18,19). The molecule has 2 N–H and O–H groups in total. The third-order valence-corrected chi connectivity index (χ3v) is 3.83. The van der Waals surface area contributed by atoms with E-state index in [4.69, 9.17) is 10.4 Å². The summed E-state index contributed by atoms with van der Waals surface area (Å²) in [6, 6.07) is 1.76. The molecular weight excluding hydrogens is 258 g/mol. The molecule has 0 aliphatic heterocycles. The molecule has 1 aliphatic carbocycles. The highest BCUT2D eigenvalue weighted by atomic mass is 16.4. The Labute approximate surface area is 119 Å². The summed E-state index contributed by atoms with van der Waals surface area (Å²) in [6.07, 6.45) is 4.64. The van der Waals surface area contributed by atoms with Gasteiger partial charge < -0.3 is 15.3 Å². The summed E-state index contributed by atoms with van der Waals surface area (Å²) in [4.78, 5) is 24.9. The Balaban J connectivity index is 2.70. The van der Waals surface area contributed by atoms with Gasteiger partial charge in [0.25, 0.3) is 0 Å². The van der Waals surface area contributed by atoms with Crippen LogP contribution in [0, 0.1) is 11.3 Å². The molecule has 0 atom stereocenters. The molecule has 0 aromatic rings. The van der Waals surface area contributed by atoms with E-state index in [-0.39, 0.29) is 18.9 Å². The van der Waals surface area contributed by atoms with E-state index in [1.165, 1.54) is 0 Å². The van der Waals surface area contributed by atoms with Gasteiger partial charge in [0.2, 0.25) is 0 Å². The van der Waals surface area contributed by atoms with Gasteiger partial charge in [0.05, 0.1) is 24.4 Å². The number of amides is 2. The summed E-state index contributed by atoms with van der Waals surface area (Å²) in [5.74, 6) is -0.882. The minimum Gasteiger partial charge on any atom is -0.481 e. The van der Waals surface area contributed by atoms with Crippen molar-refractivity contribution < 1.29 is 14.7 Å². The van der Waals surface area contributed by atoms with Gasteiger partial charge in [-0.1, -0.05) is 19.3 Å². The molecule has 1 saturated carbocycles. The Hall–Kier alpha value is -1.77. The highest BCUT2D eigenvalue weighted by molar-refractivity contribution is 5.77. The lowest BCUT2D eigenvalue weighted by Crippen LogP contribution is -2.55. The van der Waals surface area contributed by atoms with Gasteiger partial charge in [0, 0.05) is 13.1 Å². The van der Waals surface area contributed by atoms with Gasteiger partial charge in [-0.2, -0.15) is 5.26 Å². The highest BCUT2D eigenvalue weighted by Gasteiger charge is 2.36. The molecule has 1 rings (SSSR count). The smallest absolute Gasteiger partial charge is 0.317 e. The fraction of sp³-hybridized carbons (Fsp3) is 0.786. The molecule has 0 aromatic heterocycles. The molecule has 0 unspecified atom stereocenters. The van der Waals surface area contributed by atoms with Crippen LogP contribution in [0.5, 0.6) is 0 Å². The number of aliphatic carboxylic acids is 1. The molecule has 0 heterocycles. The first-order valence-corrected chi connectivity index (χ1v) is 7.19. The number of carbonyl (C=O) groups excluding carboxylic acids is 1. The highest BCUT2D eigenvalue weighted by Crippen LogP contribution is 2.31. The zero-order chi connectivity index (χ0) is 15.0. The summed E-state index contributed by atoms with van der Waals surface area (Å²) in [5.41, 5.74) is -0.624. The minimum atomic E-state index is -0.882. The molecular formula is C14H23N3O3. The number of rotatable bonds is 6. The summed E-state index contributed by atoms with van der Waals surface area (Å²) in [5, 5.41) is 20.6. The Bertz CT molecular complexity index is 384. The van der Waals surface area contributed by atoms with Crippen LogP contribution in [0.3, 0.4) is 0 Å². The van der Waals surface area contributed by atoms with Crippen molar-refractivity contribution >= 4 is 12.0 Å². The predicted octanol–water partition coefficient (Wildman–Crippen LogP) is 2.11. The molecule has 1 aliphatic rings. The number of nitrogens with zero attached hydrogens (tertiary/aromatic N) is 2. The monoisotopic (exact) mass is 281 g/mol. The Kier molecular flexibility index (Phi) is 6.29. The lowest BCUT2D eigenvalue weighted by atomic mass is 9.79. The number of carboxylic acids is 1. The van der Waals surface area contributed by atoms with Crippen LogP contribution < -0.4 is 5.32 Å². The van der Waals surface area contributed by atoms with Crippen molar-refractivity contribution in [2.75, 3.05) is 13.1 Å². The molecule has 1 fully saturated rings. The van der Waals surface area contributed by atoms with Crippen molar-refractivity contribution in [3.8, 4) is 6.07 Å². The second-order valence-electron chi connectivity index (χ2n) is 5.33. The summed E-state index contributed by atoms with van der Waals surface area (Å²) in [6.45, 7) is 2.74. The van der Waals surface area contributed by atoms with Crippen LogP contribution in [-0.4, -0.2) is 40.6 Å². The van der Waals surface area contributed by atoms with Crippen LogP contribution in [0.4, 0.5) is 4.79 Å². The van der Waals surface area contributed by atoms with Gasteiger partial charge in [0.1, 0.15) is 0 Å². The molecule has 0 saturated heterocycles. The van der Waals surface area contributed by atoms with Crippen molar-refractivity contribution in [2.24, 2.45) is 0 Å². The second kappa shape index (κ2) is 7.73. The van der Waals surface area contributed by atoms with E-state index in [2.05, 4.69) is 5.32 Å². The molecule has 20 heavy (non-hydrogen) atoms. The maximum absolute atomic E-state index is 12.2. The molecule has 112 valence electrons. The van der Waals surface area contributed by atoms with E-state index in [9.17, 15) is 9.59 Å². The van der Waals surface area contributed by atoms with Gasteiger partial charge in [-0.25, -0.2) is 4.79 Å². The maximum atomic E-state index is 12.2. The third-order valence-electron chi connectivity index (χ3n) is 3.83. The first-order valence-electron chi connectivity index (χ1n) is 7.19. The quantitative estimate of drug-likeness (QED) is 0.779. The SMILES string of the molecule is CCN(CCC#N)C(=O)NC1(CC(=O)O)CCCCC1. The lowest BCUT2D eigenvalue weighted by Gasteiger charge is -2.38. The number of hydrogen-bond acceptors (Lipinski definition) is 3. The van der Waals surface area contributed by atoms with Crippen molar-refractivity contribution in [1.29, 1.82) is 5.26 Å². The van der Waals surface area contributed by atoms with Crippen molar-refractivity contribution in [1.82, 2.24) is 10.2 Å². The van der Waals surface area contributed by atoms with Crippen LogP contribution in [0.1, 0.15) is 51.9 Å². The summed E-state index contributed by atoms with van der Waals surface area (Å²) >= 11 is 0. The molecule has 2 amide bonds. The Morgan fingerprint density at radius 1 is 1.35 bits per heavy atom. The third kappa shape index (κ3) is 4.72. The van der Waals surface area contributed by atoms with Gasteiger partial charge in [-0.3, -0.25) is 4.79 Å². The van der Waals surface area contributed by atoms with Crippen molar-refractivity contribution in [3.05, 3.63) is 0 Å². The van der Waals surface area contributed by atoms with Crippen LogP contribution in [0.25, 0.3) is 0 Å². The second-order valence-corrected chi connectivity index (χ2v) is 5.33. The van der Waals surface area contributed by atoms with Crippen molar-refractivity contribution in [3.63, 3.8) is 0 Å². The molecule has 6 heteroatoms. The van der Waals surface area contributed by atoms with Gasteiger partial charge in [0.15, 0.2) is 0 Å². The van der Waals surface area contributed by atoms with Gasteiger partial charge >= 0.3 is 12.0 Å². The van der Waals surface area contributed by atoms with Gasteiger partial charge in [-0.05, 0) is 19.8 Å². The largest absolute Gasteiger partial charge is 0.481 e. The average molecular weight is 281 g/mol. The Morgan fingerprint density at radius 3 is 2.50 bits per heavy atom.